The lowest BCUT2D eigenvalue weighted by molar-refractivity contribution is 0.107. The number of cyclic esters (lactones) is 1. The third-order valence-electron chi connectivity index (χ3n) is 6.14. The predicted molar refractivity (Wildman–Crippen MR) is 116 cm³/mol. The maximum Gasteiger partial charge on any atom is 0.414 e. The summed E-state index contributed by atoms with van der Waals surface area (Å²) in [6.45, 7) is 0.419. The number of rotatable bonds is 6. The van der Waals surface area contributed by atoms with E-state index in [1.54, 1.807) is 4.90 Å². The summed E-state index contributed by atoms with van der Waals surface area (Å²) in [5, 5.41) is 0. The van der Waals surface area contributed by atoms with Crippen molar-refractivity contribution in [3.63, 3.8) is 0 Å². The second-order valence-corrected chi connectivity index (χ2v) is 12.5. The Hall–Kier alpha value is -1.67. The van der Waals surface area contributed by atoms with Gasteiger partial charge in [0.05, 0.1) is 18.5 Å². The van der Waals surface area contributed by atoms with E-state index in [4.69, 9.17) is 4.74 Å². The van der Waals surface area contributed by atoms with Crippen molar-refractivity contribution in [3.05, 3.63) is 23.8 Å². The number of nitrogens with zero attached hydrogens (tertiary/aromatic N) is 2. The van der Waals surface area contributed by atoms with Crippen LogP contribution in [0.2, 0.25) is 0 Å². The van der Waals surface area contributed by atoms with Gasteiger partial charge in [-0.25, -0.2) is 13.6 Å². The van der Waals surface area contributed by atoms with Crippen molar-refractivity contribution in [2.45, 2.75) is 18.9 Å². The number of piperidine rings is 1. The van der Waals surface area contributed by atoms with Gasteiger partial charge in [-0.05, 0) is 24.7 Å². The fourth-order valence-electron chi connectivity index (χ4n) is 4.53. The number of hydrogen-bond acceptors (Lipinski definition) is 8. The molecule has 3 heterocycles. The lowest BCUT2D eigenvalue weighted by Crippen LogP contribution is -2.44. The van der Waals surface area contributed by atoms with E-state index in [0.29, 0.717) is 43.4 Å². The van der Waals surface area contributed by atoms with Crippen molar-refractivity contribution in [1.82, 2.24) is 0 Å². The Morgan fingerprint density at radius 2 is 1.75 bits per heavy atom. The molecule has 0 unspecified atom stereocenters. The minimum atomic E-state index is -3.71. The van der Waals surface area contributed by atoms with E-state index in [-0.39, 0.29) is 30.4 Å². The Labute approximate surface area is 186 Å². The lowest BCUT2D eigenvalue weighted by atomic mass is 9.85. The van der Waals surface area contributed by atoms with Crippen LogP contribution in [-0.4, -0.2) is 73.7 Å². The van der Waals surface area contributed by atoms with Crippen LogP contribution in [0.3, 0.4) is 0 Å². The normalized spacial score (nSPS) is 25.5. The summed E-state index contributed by atoms with van der Waals surface area (Å²) >= 11 is 0. The Balaban J connectivity index is 1.40. The average Bonchev–Trinajstić information content (AvgIpc) is 3.05. The lowest BCUT2D eigenvalue weighted by Gasteiger charge is -2.51. The van der Waals surface area contributed by atoms with E-state index in [9.17, 15) is 31.1 Å². The van der Waals surface area contributed by atoms with Gasteiger partial charge in [-0.3, -0.25) is 18.2 Å². The van der Waals surface area contributed by atoms with Crippen LogP contribution in [0.15, 0.2) is 12.1 Å². The Morgan fingerprint density at radius 1 is 1.16 bits per heavy atom. The molecule has 3 aliphatic heterocycles. The molecule has 0 bridgehead atoms. The molecule has 0 radical (unpaired) electrons. The van der Waals surface area contributed by atoms with Crippen LogP contribution in [0.4, 0.5) is 25.0 Å². The number of amides is 1. The number of anilines is 2. The molecule has 2 N–H and O–H groups in total. The molecule has 13 heteroatoms. The predicted octanol–water partition coefficient (Wildman–Crippen LogP) is 2.86. The topological polar surface area (TPSA) is 117 Å². The van der Waals surface area contributed by atoms with Crippen molar-refractivity contribution in [2.75, 3.05) is 53.8 Å². The molecule has 1 amide bonds. The molecule has 0 aromatic heterocycles. The zero-order chi connectivity index (χ0) is 23.3. The van der Waals surface area contributed by atoms with E-state index >= 15 is 0 Å². The molecular formula is C19H26F2N2O7S2. The monoisotopic (exact) mass is 496 g/mol. The van der Waals surface area contributed by atoms with Gasteiger partial charge in [0.2, 0.25) is 0 Å². The van der Waals surface area contributed by atoms with E-state index in [2.05, 4.69) is 4.18 Å². The molecule has 1 aromatic carbocycles. The first-order chi connectivity index (χ1) is 14.9. The van der Waals surface area contributed by atoms with Gasteiger partial charge in [0.15, 0.2) is 11.6 Å². The molecule has 1 atom stereocenters. The third kappa shape index (κ3) is 5.11. The summed E-state index contributed by atoms with van der Waals surface area (Å²) in [6, 6.07) is 2.12. The number of carbonyl (C=O) groups is 1. The van der Waals surface area contributed by atoms with Crippen molar-refractivity contribution >= 4 is 38.2 Å². The van der Waals surface area contributed by atoms with Gasteiger partial charge in [0, 0.05) is 36.7 Å². The molecule has 3 saturated heterocycles. The van der Waals surface area contributed by atoms with E-state index in [1.807, 2.05) is 0 Å². The van der Waals surface area contributed by atoms with Crippen LogP contribution in [-0.2, 0) is 19.0 Å². The van der Waals surface area contributed by atoms with Gasteiger partial charge in [0.25, 0.3) is 10.1 Å². The van der Waals surface area contributed by atoms with Crippen LogP contribution in [0.1, 0.15) is 12.8 Å². The maximum atomic E-state index is 14.9. The van der Waals surface area contributed by atoms with Crippen molar-refractivity contribution in [2.24, 2.45) is 11.8 Å². The number of ether oxygens (including phenoxy) is 1. The summed E-state index contributed by atoms with van der Waals surface area (Å²) in [5.41, 5.74) is -0.181. The summed E-state index contributed by atoms with van der Waals surface area (Å²) < 4.78 is 80.8. The molecule has 9 nitrogen and oxygen atoms in total. The van der Waals surface area contributed by atoms with E-state index in [1.165, 1.54) is 0 Å². The van der Waals surface area contributed by atoms with Crippen LogP contribution < -0.4 is 9.80 Å². The Bertz CT molecular complexity index is 968. The Morgan fingerprint density at radius 3 is 2.28 bits per heavy atom. The highest BCUT2D eigenvalue weighted by molar-refractivity contribution is 8.25. The molecule has 1 aromatic rings. The fraction of sp³-hybridized carbons (Fsp3) is 0.632. The van der Waals surface area contributed by atoms with E-state index < -0.39 is 44.5 Å². The third-order valence-corrected chi connectivity index (χ3v) is 8.63. The molecule has 32 heavy (non-hydrogen) atoms. The first-order valence-corrected chi connectivity index (χ1v) is 13.9. The van der Waals surface area contributed by atoms with Crippen molar-refractivity contribution in [1.29, 1.82) is 0 Å². The first-order valence-electron chi connectivity index (χ1n) is 10.2. The standard InChI is InChI=1S/C19H26F2N2O7S2/c1-31(25,26)29-9-15-8-23(19(24)30-15)14-6-16(20)18(17(21)7-14)22-4-2-12(3-5-22)13-10-32(27,28)11-13/h6-7,12-13,15,27-28H,2-5,8-11H2,1H3/t15-/m1/s1. The van der Waals surface area contributed by atoms with Crippen molar-refractivity contribution in [3.8, 4) is 0 Å². The van der Waals surface area contributed by atoms with Crippen LogP contribution in [0.5, 0.6) is 0 Å². The molecular weight excluding hydrogens is 470 g/mol. The highest BCUT2D eigenvalue weighted by Gasteiger charge is 2.40. The zero-order valence-electron chi connectivity index (χ0n) is 17.4. The molecule has 4 rings (SSSR count). The second-order valence-electron chi connectivity index (χ2n) is 8.58. The summed E-state index contributed by atoms with van der Waals surface area (Å²) in [4.78, 5) is 14.8. The van der Waals surface area contributed by atoms with Crippen molar-refractivity contribution < 1.29 is 40.0 Å². The van der Waals surface area contributed by atoms with Crippen LogP contribution in [0, 0.1) is 23.5 Å². The minimum Gasteiger partial charge on any atom is -0.441 e. The number of carbonyl (C=O) groups excluding carboxylic acids is 1. The van der Waals surface area contributed by atoms with Gasteiger partial charge in [-0.2, -0.15) is 19.0 Å². The SMILES string of the molecule is CS(=O)(=O)OC[C@H]1CN(c2cc(F)c(N3CCC(C4CS(O)(O)C4)CC3)c(F)c2)C(=O)O1. The molecule has 0 aliphatic carbocycles. The second kappa shape index (κ2) is 8.60. The van der Waals surface area contributed by atoms with Gasteiger partial charge in [0.1, 0.15) is 18.4 Å². The maximum absolute atomic E-state index is 14.9. The van der Waals surface area contributed by atoms with Gasteiger partial charge < -0.3 is 9.64 Å². The quantitative estimate of drug-likeness (QED) is 0.578. The number of halogens is 2. The molecule has 3 aliphatic rings. The number of benzene rings is 1. The molecule has 0 saturated carbocycles. The minimum absolute atomic E-state index is 0.0230. The Kier molecular flexibility index (Phi) is 6.31. The summed E-state index contributed by atoms with van der Waals surface area (Å²) in [7, 11) is -6.12. The van der Waals surface area contributed by atoms with Gasteiger partial charge in [-0.15, -0.1) is 0 Å². The summed E-state index contributed by atoms with van der Waals surface area (Å²) in [6.07, 6.45) is 0.564. The van der Waals surface area contributed by atoms with Crippen LogP contribution in [0.25, 0.3) is 0 Å². The zero-order valence-corrected chi connectivity index (χ0v) is 19.1. The van der Waals surface area contributed by atoms with Gasteiger partial charge >= 0.3 is 6.09 Å². The van der Waals surface area contributed by atoms with Gasteiger partial charge in [-0.1, -0.05) is 0 Å². The molecule has 3 fully saturated rings. The highest BCUT2D eigenvalue weighted by Crippen LogP contribution is 2.55. The average molecular weight is 497 g/mol. The fourth-order valence-corrected chi connectivity index (χ4v) is 6.75. The summed E-state index contributed by atoms with van der Waals surface area (Å²) in [5.74, 6) is -0.226. The molecule has 0 spiro atoms. The first kappa shape index (κ1) is 23.5. The highest BCUT2D eigenvalue weighted by atomic mass is 32.3. The largest absolute Gasteiger partial charge is 0.441 e. The van der Waals surface area contributed by atoms with E-state index in [0.717, 1.165) is 23.3 Å². The van der Waals surface area contributed by atoms with Crippen LogP contribution >= 0.6 is 10.6 Å². The smallest absolute Gasteiger partial charge is 0.414 e. The molecule has 180 valence electrons. The number of hydrogen-bond donors (Lipinski definition) is 2.